The highest BCUT2D eigenvalue weighted by Gasteiger charge is 2.12. The number of carbonyl (C=O) groups is 2. The lowest BCUT2D eigenvalue weighted by molar-refractivity contribution is -0.116. The summed E-state index contributed by atoms with van der Waals surface area (Å²) in [4.78, 5) is 29.2. The van der Waals surface area contributed by atoms with Crippen LogP contribution in [0, 0.1) is 0 Å². The molecule has 0 spiro atoms. The van der Waals surface area contributed by atoms with Crippen LogP contribution in [0.15, 0.2) is 71.3 Å². The molecule has 0 radical (unpaired) electrons. The maximum absolute atomic E-state index is 12.6. The van der Waals surface area contributed by atoms with Crippen molar-refractivity contribution in [3.05, 3.63) is 78.5 Å². The Morgan fingerprint density at radius 2 is 1.71 bits per heavy atom. The molecule has 3 N–H and O–H groups in total. The molecule has 158 valence electrons. The van der Waals surface area contributed by atoms with Gasteiger partial charge in [0.05, 0.1) is 23.8 Å². The summed E-state index contributed by atoms with van der Waals surface area (Å²) >= 11 is 0. The molecule has 0 aliphatic rings. The maximum atomic E-state index is 12.6. The van der Waals surface area contributed by atoms with Crippen LogP contribution in [0.25, 0.3) is 11.0 Å². The Morgan fingerprint density at radius 3 is 2.42 bits per heavy atom. The minimum Gasteiger partial charge on any atom is -0.467 e. The molecule has 0 atom stereocenters. The number of urea groups is 1. The Bertz CT molecular complexity index is 1180. The minimum atomic E-state index is -0.340. The van der Waals surface area contributed by atoms with Gasteiger partial charge in [0, 0.05) is 17.8 Å². The van der Waals surface area contributed by atoms with Crippen molar-refractivity contribution >= 4 is 34.3 Å². The highest BCUT2D eigenvalue weighted by atomic mass is 16.3. The number of para-hydroxylation sites is 2. The van der Waals surface area contributed by atoms with Gasteiger partial charge in [-0.15, -0.1) is 0 Å². The van der Waals surface area contributed by atoms with Gasteiger partial charge in [-0.1, -0.05) is 19.1 Å². The van der Waals surface area contributed by atoms with Gasteiger partial charge in [-0.2, -0.15) is 0 Å². The predicted molar refractivity (Wildman–Crippen MR) is 119 cm³/mol. The fourth-order valence-corrected chi connectivity index (χ4v) is 3.31. The summed E-state index contributed by atoms with van der Waals surface area (Å²) < 4.78 is 7.11. The van der Waals surface area contributed by atoms with Gasteiger partial charge in [0.2, 0.25) is 5.91 Å². The van der Waals surface area contributed by atoms with E-state index in [2.05, 4.69) is 20.9 Å². The monoisotopic (exact) mass is 417 g/mol. The lowest BCUT2D eigenvalue weighted by atomic mass is 10.2. The van der Waals surface area contributed by atoms with Gasteiger partial charge in [-0.05, 0) is 48.5 Å². The second-order valence-corrected chi connectivity index (χ2v) is 6.97. The lowest BCUT2D eigenvalue weighted by Crippen LogP contribution is -2.28. The van der Waals surface area contributed by atoms with Crippen molar-refractivity contribution in [2.75, 3.05) is 10.6 Å². The Morgan fingerprint density at radius 1 is 0.968 bits per heavy atom. The van der Waals surface area contributed by atoms with Crippen molar-refractivity contribution in [2.45, 2.75) is 26.4 Å². The van der Waals surface area contributed by atoms with Crippen molar-refractivity contribution < 1.29 is 14.0 Å². The summed E-state index contributed by atoms with van der Waals surface area (Å²) in [6.07, 6.45) is 2.30. The van der Waals surface area contributed by atoms with E-state index >= 15 is 0 Å². The van der Waals surface area contributed by atoms with E-state index in [1.807, 2.05) is 35.8 Å². The van der Waals surface area contributed by atoms with E-state index in [9.17, 15) is 9.59 Å². The molecule has 8 heteroatoms. The number of imidazole rings is 1. The van der Waals surface area contributed by atoms with Gasteiger partial charge >= 0.3 is 6.03 Å². The molecular formula is C23H23N5O3. The number of carbonyl (C=O) groups excluding carboxylic acids is 2. The molecule has 2 aromatic heterocycles. The van der Waals surface area contributed by atoms with Gasteiger partial charge in [0.25, 0.3) is 0 Å². The zero-order chi connectivity index (χ0) is 21.6. The molecular weight excluding hydrogens is 394 g/mol. The van der Waals surface area contributed by atoms with Crippen molar-refractivity contribution in [3.8, 4) is 0 Å². The van der Waals surface area contributed by atoms with Crippen LogP contribution in [-0.2, 0) is 24.3 Å². The van der Waals surface area contributed by atoms with E-state index in [-0.39, 0.29) is 18.5 Å². The molecule has 0 unspecified atom stereocenters. The molecule has 0 fully saturated rings. The topological polar surface area (TPSA) is 101 Å². The van der Waals surface area contributed by atoms with E-state index in [1.165, 1.54) is 0 Å². The minimum absolute atomic E-state index is 0.144. The number of nitrogens with one attached hydrogen (secondary N) is 3. The van der Waals surface area contributed by atoms with E-state index in [1.54, 1.807) is 42.7 Å². The highest BCUT2D eigenvalue weighted by Crippen LogP contribution is 2.18. The van der Waals surface area contributed by atoms with Crippen molar-refractivity contribution in [1.29, 1.82) is 0 Å². The van der Waals surface area contributed by atoms with Crippen LogP contribution in [0.4, 0.5) is 16.2 Å². The smallest absolute Gasteiger partial charge is 0.319 e. The molecule has 4 rings (SSSR count). The van der Waals surface area contributed by atoms with Crippen LogP contribution in [0.5, 0.6) is 0 Å². The molecule has 0 aliphatic carbocycles. The molecule has 0 saturated heterocycles. The largest absolute Gasteiger partial charge is 0.467 e. The summed E-state index contributed by atoms with van der Waals surface area (Å²) in [7, 11) is 0. The number of benzene rings is 2. The lowest BCUT2D eigenvalue weighted by Gasteiger charge is -2.10. The number of hydrogen-bond donors (Lipinski definition) is 3. The van der Waals surface area contributed by atoms with Crippen molar-refractivity contribution in [2.24, 2.45) is 0 Å². The summed E-state index contributed by atoms with van der Waals surface area (Å²) in [5, 5.41) is 8.34. The standard InChI is InChI=1S/C23H23N5O3/c1-2-21-27-19-7-3-4-8-20(19)28(21)15-22(29)25-16-9-11-17(12-10-16)26-23(30)24-14-18-6-5-13-31-18/h3-13H,2,14-15H2,1H3,(H,25,29)(H2,24,26,30). The van der Waals surface area contributed by atoms with Crippen LogP contribution in [0.1, 0.15) is 18.5 Å². The number of anilines is 2. The zero-order valence-electron chi connectivity index (χ0n) is 17.1. The SMILES string of the molecule is CCc1nc2ccccc2n1CC(=O)Nc1ccc(NC(=O)NCc2ccco2)cc1. The number of furan rings is 1. The van der Waals surface area contributed by atoms with E-state index in [0.717, 1.165) is 23.3 Å². The summed E-state index contributed by atoms with van der Waals surface area (Å²) in [5.41, 5.74) is 3.08. The second-order valence-electron chi connectivity index (χ2n) is 6.97. The predicted octanol–water partition coefficient (Wildman–Crippen LogP) is 4.15. The third-order valence-electron chi connectivity index (χ3n) is 4.78. The summed E-state index contributed by atoms with van der Waals surface area (Å²) in [6.45, 7) is 2.50. The number of rotatable bonds is 7. The van der Waals surface area contributed by atoms with Gasteiger partial charge in [-0.3, -0.25) is 4.79 Å². The van der Waals surface area contributed by atoms with Gasteiger partial charge in [0.15, 0.2) is 0 Å². The Kier molecular flexibility index (Phi) is 5.98. The molecule has 31 heavy (non-hydrogen) atoms. The van der Waals surface area contributed by atoms with E-state index in [0.29, 0.717) is 23.7 Å². The van der Waals surface area contributed by atoms with Crippen molar-refractivity contribution in [1.82, 2.24) is 14.9 Å². The van der Waals surface area contributed by atoms with Crippen LogP contribution in [0.3, 0.4) is 0 Å². The Hall–Kier alpha value is -4.07. The van der Waals surface area contributed by atoms with Crippen LogP contribution in [-0.4, -0.2) is 21.5 Å². The summed E-state index contributed by atoms with van der Waals surface area (Å²) in [5.74, 6) is 1.40. The van der Waals surface area contributed by atoms with Crippen LogP contribution >= 0.6 is 0 Å². The fourth-order valence-electron chi connectivity index (χ4n) is 3.31. The average molecular weight is 417 g/mol. The number of aromatic nitrogens is 2. The molecule has 0 saturated carbocycles. The third kappa shape index (κ3) is 4.92. The number of fused-ring (bicyclic) bond motifs is 1. The zero-order valence-corrected chi connectivity index (χ0v) is 17.1. The molecule has 3 amide bonds. The van der Waals surface area contributed by atoms with Gasteiger partial charge < -0.3 is 24.9 Å². The first-order chi connectivity index (χ1) is 15.1. The molecule has 8 nitrogen and oxygen atoms in total. The van der Waals surface area contributed by atoms with Gasteiger partial charge in [0.1, 0.15) is 18.1 Å². The maximum Gasteiger partial charge on any atom is 0.319 e. The van der Waals surface area contributed by atoms with E-state index in [4.69, 9.17) is 4.42 Å². The average Bonchev–Trinajstić information content (AvgIpc) is 3.42. The normalized spacial score (nSPS) is 10.7. The Balaban J connectivity index is 1.33. The quantitative estimate of drug-likeness (QED) is 0.420. The summed E-state index contributed by atoms with van der Waals surface area (Å²) in [6, 6.07) is 17.9. The van der Waals surface area contributed by atoms with E-state index < -0.39 is 0 Å². The number of aryl methyl sites for hydroxylation is 1. The number of hydrogen-bond acceptors (Lipinski definition) is 4. The first kappa shape index (κ1) is 20.2. The number of nitrogens with zero attached hydrogens (tertiary/aromatic N) is 2. The molecule has 2 heterocycles. The molecule has 0 bridgehead atoms. The van der Waals surface area contributed by atoms with Gasteiger partial charge in [-0.25, -0.2) is 9.78 Å². The number of amides is 3. The first-order valence-corrected chi connectivity index (χ1v) is 10.0. The molecule has 4 aromatic rings. The highest BCUT2D eigenvalue weighted by molar-refractivity contribution is 5.93. The third-order valence-corrected chi connectivity index (χ3v) is 4.78. The fraction of sp³-hybridized carbons (Fsp3) is 0.174. The first-order valence-electron chi connectivity index (χ1n) is 10.0. The van der Waals surface area contributed by atoms with Crippen LogP contribution in [0.2, 0.25) is 0 Å². The van der Waals surface area contributed by atoms with Crippen molar-refractivity contribution in [3.63, 3.8) is 0 Å². The second kappa shape index (κ2) is 9.17. The Labute approximate surface area is 179 Å². The molecule has 2 aromatic carbocycles. The van der Waals surface area contributed by atoms with Crippen LogP contribution < -0.4 is 16.0 Å². The molecule has 0 aliphatic heterocycles.